The molecule has 1 aromatic rings. The molecule has 1 aliphatic rings. The van der Waals surface area contributed by atoms with Gasteiger partial charge in [-0.2, -0.15) is 0 Å². The lowest BCUT2D eigenvalue weighted by molar-refractivity contribution is 0.248. The normalized spacial score (nSPS) is 22.9. The molecule has 4 nitrogen and oxygen atoms in total. The van der Waals surface area contributed by atoms with Gasteiger partial charge >= 0.3 is 0 Å². The van der Waals surface area contributed by atoms with Crippen molar-refractivity contribution in [3.8, 4) is 0 Å². The largest absolute Gasteiger partial charge is 0.396 e. The number of aryl methyl sites for hydroxylation is 1. The average molecular weight is 346 g/mol. The molecular weight excluding hydrogens is 330 g/mol. The van der Waals surface area contributed by atoms with Crippen LogP contribution < -0.4 is 4.72 Å². The number of nitrogens with one attached hydrogen (secondary N) is 1. The monoisotopic (exact) mass is 345 g/mol. The van der Waals surface area contributed by atoms with E-state index in [4.69, 9.17) is 5.11 Å². The molecule has 0 spiro atoms. The molecule has 1 aromatic carbocycles. The van der Waals surface area contributed by atoms with Gasteiger partial charge in [0.25, 0.3) is 0 Å². The van der Waals surface area contributed by atoms with Crippen LogP contribution in [-0.4, -0.2) is 26.2 Å². The minimum atomic E-state index is -3.54. The number of sulfonamides is 1. The van der Waals surface area contributed by atoms with Crippen LogP contribution in [0.25, 0.3) is 0 Å². The first-order chi connectivity index (χ1) is 8.92. The molecule has 0 aliphatic heterocycles. The van der Waals surface area contributed by atoms with Crippen molar-refractivity contribution >= 4 is 26.0 Å². The second kappa shape index (κ2) is 5.75. The first-order valence-corrected chi connectivity index (χ1v) is 8.27. The van der Waals surface area contributed by atoms with Crippen LogP contribution in [-0.2, 0) is 10.0 Å². The molecule has 0 heterocycles. The van der Waals surface area contributed by atoms with Crippen LogP contribution in [0.3, 0.4) is 0 Å². The van der Waals surface area contributed by atoms with Crippen LogP contribution in [0.15, 0.2) is 39.7 Å². The topological polar surface area (TPSA) is 66.4 Å². The molecule has 0 amide bonds. The molecule has 6 heteroatoms. The molecular formula is C13H16BrNO3S. The smallest absolute Gasteiger partial charge is 0.241 e. The van der Waals surface area contributed by atoms with Crippen molar-refractivity contribution in [2.24, 2.45) is 5.92 Å². The standard InChI is InChI=1S/C13H16BrNO3S/c1-9-2-4-11(14)7-13(9)19(17,18)15-12-5-3-10(6-12)8-16/h2-5,7,10,12,15-16H,6,8H2,1H3/t10-,12+/m0/s1. The summed E-state index contributed by atoms with van der Waals surface area (Å²) in [5.41, 5.74) is 0.705. The fourth-order valence-electron chi connectivity index (χ4n) is 2.12. The van der Waals surface area contributed by atoms with Crippen molar-refractivity contribution < 1.29 is 13.5 Å². The van der Waals surface area contributed by atoms with Crippen LogP contribution >= 0.6 is 15.9 Å². The molecule has 0 saturated heterocycles. The SMILES string of the molecule is Cc1ccc(Br)cc1S(=O)(=O)N[C@@H]1C=C[C@H](CO)C1. The molecule has 0 aromatic heterocycles. The van der Waals surface area contributed by atoms with Crippen molar-refractivity contribution in [3.63, 3.8) is 0 Å². The summed E-state index contributed by atoms with van der Waals surface area (Å²) in [6, 6.07) is 4.92. The van der Waals surface area contributed by atoms with Gasteiger partial charge in [0.05, 0.1) is 4.90 Å². The van der Waals surface area contributed by atoms with Gasteiger partial charge in [0.2, 0.25) is 10.0 Å². The second-order valence-corrected chi connectivity index (χ2v) is 7.30. The summed E-state index contributed by atoms with van der Waals surface area (Å²) in [5.74, 6) is 0.0382. The molecule has 104 valence electrons. The molecule has 19 heavy (non-hydrogen) atoms. The number of hydrogen-bond donors (Lipinski definition) is 2. The number of halogens is 1. The van der Waals surface area contributed by atoms with Crippen molar-refractivity contribution in [1.29, 1.82) is 0 Å². The van der Waals surface area contributed by atoms with Gasteiger partial charge < -0.3 is 5.11 Å². The molecule has 1 aliphatic carbocycles. The number of hydrogen-bond acceptors (Lipinski definition) is 3. The van der Waals surface area contributed by atoms with Gasteiger partial charge in [0.1, 0.15) is 0 Å². The molecule has 0 radical (unpaired) electrons. The van der Waals surface area contributed by atoms with Crippen molar-refractivity contribution in [2.75, 3.05) is 6.61 Å². The maximum atomic E-state index is 12.3. The Morgan fingerprint density at radius 1 is 1.42 bits per heavy atom. The highest BCUT2D eigenvalue weighted by atomic mass is 79.9. The van der Waals surface area contributed by atoms with E-state index < -0.39 is 10.0 Å². The summed E-state index contributed by atoms with van der Waals surface area (Å²) in [4.78, 5) is 0.280. The Morgan fingerprint density at radius 2 is 2.16 bits per heavy atom. The highest BCUT2D eigenvalue weighted by molar-refractivity contribution is 9.10. The number of aliphatic hydroxyl groups excluding tert-OH is 1. The van der Waals surface area contributed by atoms with Crippen molar-refractivity contribution in [1.82, 2.24) is 4.72 Å². The Kier molecular flexibility index (Phi) is 4.45. The van der Waals surface area contributed by atoms with Crippen LogP contribution in [0.5, 0.6) is 0 Å². The van der Waals surface area contributed by atoms with Gasteiger partial charge in [-0.3, -0.25) is 0 Å². The Morgan fingerprint density at radius 3 is 2.79 bits per heavy atom. The summed E-state index contributed by atoms with van der Waals surface area (Å²) in [5, 5.41) is 9.04. The maximum absolute atomic E-state index is 12.3. The van der Waals surface area contributed by atoms with Gasteiger partial charge in [-0.15, -0.1) is 0 Å². The first kappa shape index (κ1) is 14.7. The lowest BCUT2D eigenvalue weighted by Gasteiger charge is -2.14. The zero-order chi connectivity index (χ0) is 14.0. The first-order valence-electron chi connectivity index (χ1n) is 6.00. The molecule has 2 atom stereocenters. The van der Waals surface area contributed by atoms with Gasteiger partial charge in [-0.05, 0) is 31.0 Å². The third-order valence-electron chi connectivity index (χ3n) is 3.15. The molecule has 2 rings (SSSR count). The maximum Gasteiger partial charge on any atom is 0.241 e. The van der Waals surface area contributed by atoms with Crippen LogP contribution in [0, 0.1) is 12.8 Å². The van der Waals surface area contributed by atoms with E-state index in [1.165, 1.54) is 0 Å². The summed E-state index contributed by atoms with van der Waals surface area (Å²) < 4.78 is 28.0. The zero-order valence-electron chi connectivity index (χ0n) is 10.5. The Bertz CT molecular complexity index is 598. The molecule has 0 fully saturated rings. The Hall–Kier alpha value is -0.690. The second-order valence-electron chi connectivity index (χ2n) is 4.70. The summed E-state index contributed by atoms with van der Waals surface area (Å²) in [6.07, 6.45) is 4.25. The fourth-order valence-corrected chi connectivity index (χ4v) is 4.11. The molecule has 0 bridgehead atoms. The lowest BCUT2D eigenvalue weighted by Crippen LogP contribution is -2.33. The zero-order valence-corrected chi connectivity index (χ0v) is 12.9. The Balaban J connectivity index is 2.20. The quantitative estimate of drug-likeness (QED) is 0.820. The van der Waals surface area contributed by atoms with Crippen LogP contribution in [0.4, 0.5) is 0 Å². The lowest BCUT2D eigenvalue weighted by atomic mass is 10.1. The van der Waals surface area contributed by atoms with E-state index in [-0.39, 0.29) is 23.5 Å². The average Bonchev–Trinajstić information content (AvgIpc) is 2.79. The fraction of sp³-hybridized carbons (Fsp3) is 0.385. The summed E-state index contributed by atoms with van der Waals surface area (Å²) in [7, 11) is -3.54. The van der Waals surface area contributed by atoms with Gasteiger partial charge in [0.15, 0.2) is 0 Å². The molecule has 2 N–H and O–H groups in total. The van der Waals surface area contributed by atoms with Gasteiger partial charge in [-0.25, -0.2) is 13.1 Å². The van der Waals surface area contributed by atoms with E-state index in [1.54, 1.807) is 25.1 Å². The highest BCUT2D eigenvalue weighted by Crippen LogP contribution is 2.23. The van der Waals surface area contributed by atoms with E-state index in [9.17, 15) is 8.42 Å². The van der Waals surface area contributed by atoms with Crippen molar-refractivity contribution in [3.05, 3.63) is 40.4 Å². The minimum Gasteiger partial charge on any atom is -0.396 e. The van der Waals surface area contributed by atoms with E-state index in [0.717, 1.165) is 4.47 Å². The minimum absolute atomic E-state index is 0.0382. The van der Waals surface area contributed by atoms with E-state index in [2.05, 4.69) is 20.7 Å². The third kappa shape index (κ3) is 3.45. The third-order valence-corrected chi connectivity index (χ3v) is 5.28. The number of rotatable bonds is 4. The van der Waals surface area contributed by atoms with E-state index in [1.807, 2.05) is 12.1 Å². The van der Waals surface area contributed by atoms with Gasteiger partial charge in [0, 0.05) is 23.0 Å². The number of benzene rings is 1. The summed E-state index contributed by atoms with van der Waals surface area (Å²) in [6.45, 7) is 1.81. The van der Waals surface area contributed by atoms with Gasteiger partial charge in [-0.1, -0.05) is 34.1 Å². The predicted octanol–water partition coefficient (Wildman–Crippen LogP) is 1.97. The number of aliphatic hydroxyl groups is 1. The van der Waals surface area contributed by atoms with Crippen LogP contribution in [0.2, 0.25) is 0 Å². The predicted molar refractivity (Wildman–Crippen MR) is 77.3 cm³/mol. The molecule has 0 unspecified atom stereocenters. The summed E-state index contributed by atoms with van der Waals surface area (Å²) >= 11 is 3.28. The van der Waals surface area contributed by atoms with E-state index in [0.29, 0.717) is 12.0 Å². The highest BCUT2D eigenvalue weighted by Gasteiger charge is 2.25. The van der Waals surface area contributed by atoms with Crippen molar-refractivity contribution in [2.45, 2.75) is 24.3 Å². The van der Waals surface area contributed by atoms with Crippen LogP contribution in [0.1, 0.15) is 12.0 Å². The molecule has 0 saturated carbocycles. The Labute approximate surface area is 121 Å². The van der Waals surface area contributed by atoms with E-state index >= 15 is 0 Å².